The Labute approximate surface area is 287 Å². The Balaban J connectivity index is 1.77. The fourth-order valence-corrected chi connectivity index (χ4v) is 7.50. The number of carbonyl (C=O) groups excluding carboxylic acids is 2. The van der Waals surface area contributed by atoms with E-state index in [2.05, 4.69) is 0 Å². The highest BCUT2D eigenvalue weighted by molar-refractivity contribution is 7.86. The fraction of sp³-hybridized carbons (Fsp3) is 0. The lowest BCUT2D eigenvalue weighted by molar-refractivity contribution is -0.384. The van der Waals surface area contributed by atoms with Gasteiger partial charge in [0.05, 0.1) is 37.5 Å². The van der Waals surface area contributed by atoms with Gasteiger partial charge in [0.15, 0.2) is 0 Å². The number of fused-ring (bicyclic) bond motifs is 2. The second kappa shape index (κ2) is 12.7. The summed E-state index contributed by atoms with van der Waals surface area (Å²) in [6.07, 6.45) is -0.0498. The van der Waals surface area contributed by atoms with Crippen molar-refractivity contribution in [3.63, 3.8) is 0 Å². The zero-order valence-corrected chi connectivity index (χ0v) is 28.1. The fourth-order valence-electron chi connectivity index (χ4n) is 5.07. The molecule has 2 amide bonds. The van der Waals surface area contributed by atoms with Gasteiger partial charge in [-0.15, -0.1) is 0 Å². The Morgan fingerprint density at radius 1 is 0.510 bits per heavy atom. The van der Waals surface area contributed by atoms with Crippen LogP contribution in [0.4, 0.5) is 28.4 Å². The van der Waals surface area contributed by atoms with E-state index in [0.717, 1.165) is 78.9 Å². The average molecular weight is 782 g/mol. The van der Waals surface area contributed by atoms with E-state index in [-0.39, 0.29) is 34.4 Å². The number of nitro groups is 1. The Kier molecular flexibility index (Phi) is 9.21. The molecule has 266 valence electrons. The molecule has 0 aliphatic rings. The predicted octanol–water partition coefficient (Wildman–Crippen LogP) is 3.48. The summed E-state index contributed by atoms with van der Waals surface area (Å²) < 4.78 is 135. The first-order valence-electron chi connectivity index (χ1n) is 13.4. The number of hydrogen-bond donors (Lipinski definition) is 4. The molecule has 0 aliphatic heterocycles. The summed E-state index contributed by atoms with van der Waals surface area (Å²) in [4.78, 5) is 33.8. The maximum Gasteiger partial charge on any atom is 0.296 e. The summed E-state index contributed by atoms with van der Waals surface area (Å²) in [5, 5.41) is 11.8. The standard InChI is InChI=1S/C28H19N3O16S4/c32-14-29(25-7-16-1-3-23(48(36,37)38)5-18(16)9-27(25)50(42,43)44)20-11-21(13-22(12-20)31(34)35)30(15-33)26-8-17-2-4-24(49(39,40)41)6-19(17)10-28(26)51(45,46)47/h1-15H,(H,36,37,38)(H,39,40,41)(H,42,43,44)(H,45,46,47). The highest BCUT2D eigenvalue weighted by atomic mass is 32.2. The third-order valence-corrected chi connectivity index (χ3v) is 10.8. The molecule has 5 aromatic carbocycles. The van der Waals surface area contributed by atoms with Crippen molar-refractivity contribution in [1.29, 1.82) is 0 Å². The van der Waals surface area contributed by atoms with Gasteiger partial charge < -0.3 is 0 Å². The van der Waals surface area contributed by atoms with Crippen molar-refractivity contribution in [3.05, 3.63) is 89.0 Å². The van der Waals surface area contributed by atoms with Gasteiger partial charge in [0.1, 0.15) is 9.79 Å². The van der Waals surface area contributed by atoms with E-state index in [4.69, 9.17) is 0 Å². The first-order chi connectivity index (χ1) is 23.5. The van der Waals surface area contributed by atoms with Gasteiger partial charge in [-0.3, -0.25) is 47.7 Å². The Morgan fingerprint density at radius 2 is 0.882 bits per heavy atom. The zero-order chi connectivity index (χ0) is 37.8. The van der Waals surface area contributed by atoms with Gasteiger partial charge in [-0.2, -0.15) is 33.7 Å². The van der Waals surface area contributed by atoms with Crippen LogP contribution in [-0.4, -0.2) is 69.6 Å². The van der Waals surface area contributed by atoms with Gasteiger partial charge in [-0.05, 0) is 76.1 Å². The molecule has 0 atom stereocenters. The maximum absolute atomic E-state index is 12.5. The summed E-state index contributed by atoms with van der Waals surface area (Å²) in [6, 6.07) is 11.7. The minimum Gasteiger partial charge on any atom is -0.282 e. The molecular weight excluding hydrogens is 763 g/mol. The smallest absolute Gasteiger partial charge is 0.282 e. The largest absolute Gasteiger partial charge is 0.296 e. The molecule has 0 radical (unpaired) electrons. The highest BCUT2D eigenvalue weighted by Crippen LogP contribution is 2.41. The molecule has 4 N–H and O–H groups in total. The van der Waals surface area contributed by atoms with Crippen LogP contribution in [0.3, 0.4) is 0 Å². The summed E-state index contributed by atoms with van der Waals surface area (Å²) in [5.74, 6) is 0. The quantitative estimate of drug-likeness (QED) is 0.0645. The summed E-state index contributed by atoms with van der Waals surface area (Å²) in [5.41, 5.74) is -3.19. The highest BCUT2D eigenvalue weighted by Gasteiger charge is 2.28. The van der Waals surface area contributed by atoms with Crippen LogP contribution in [0.2, 0.25) is 0 Å². The van der Waals surface area contributed by atoms with E-state index in [1.54, 1.807) is 0 Å². The van der Waals surface area contributed by atoms with Gasteiger partial charge in [0.25, 0.3) is 46.2 Å². The minimum absolute atomic E-state index is 0.0249. The summed E-state index contributed by atoms with van der Waals surface area (Å²) in [7, 11) is -20.0. The van der Waals surface area contributed by atoms with E-state index in [9.17, 15) is 71.6 Å². The number of carbonyl (C=O) groups is 2. The molecule has 0 aliphatic carbocycles. The first-order valence-corrected chi connectivity index (χ1v) is 19.1. The monoisotopic (exact) mass is 781 g/mol. The van der Waals surface area contributed by atoms with E-state index in [1.165, 1.54) is 0 Å². The minimum atomic E-state index is -5.25. The van der Waals surface area contributed by atoms with Gasteiger partial charge in [0.2, 0.25) is 12.8 Å². The van der Waals surface area contributed by atoms with Crippen molar-refractivity contribution in [3.8, 4) is 0 Å². The number of rotatable bonds is 11. The van der Waals surface area contributed by atoms with Gasteiger partial charge in [0, 0.05) is 12.1 Å². The van der Waals surface area contributed by atoms with Crippen LogP contribution in [0.1, 0.15) is 0 Å². The topological polar surface area (TPSA) is 301 Å². The van der Waals surface area contributed by atoms with Crippen LogP contribution in [0, 0.1) is 10.1 Å². The number of amides is 2. The third-order valence-electron chi connectivity index (χ3n) is 7.31. The van der Waals surface area contributed by atoms with Crippen LogP contribution in [0.25, 0.3) is 21.5 Å². The molecule has 5 aromatic rings. The Bertz CT molecular complexity index is 2610. The number of nitro benzene ring substituents is 1. The molecular formula is C28H19N3O16S4. The van der Waals surface area contributed by atoms with Gasteiger partial charge in [-0.1, -0.05) is 12.1 Å². The molecule has 51 heavy (non-hydrogen) atoms. The number of non-ortho nitro benzene ring substituents is 1. The van der Waals surface area contributed by atoms with Crippen LogP contribution in [0.5, 0.6) is 0 Å². The molecule has 23 heteroatoms. The van der Waals surface area contributed by atoms with Crippen LogP contribution in [-0.2, 0) is 50.1 Å². The van der Waals surface area contributed by atoms with Gasteiger partial charge >= 0.3 is 0 Å². The summed E-state index contributed by atoms with van der Waals surface area (Å²) in [6.45, 7) is 0. The third kappa shape index (κ3) is 7.40. The molecule has 0 saturated carbocycles. The molecule has 0 fully saturated rings. The van der Waals surface area contributed by atoms with Crippen LogP contribution in [0.15, 0.2) is 98.4 Å². The molecule has 0 saturated heterocycles. The molecule has 5 rings (SSSR count). The number of benzene rings is 5. The second-order valence-electron chi connectivity index (χ2n) is 10.5. The van der Waals surface area contributed by atoms with Crippen molar-refractivity contribution in [2.45, 2.75) is 19.6 Å². The first kappa shape index (κ1) is 36.9. The number of anilines is 4. The molecule has 0 heterocycles. The van der Waals surface area contributed by atoms with Crippen LogP contribution >= 0.6 is 0 Å². The van der Waals surface area contributed by atoms with E-state index in [0.29, 0.717) is 9.80 Å². The maximum atomic E-state index is 12.5. The Morgan fingerprint density at radius 3 is 1.18 bits per heavy atom. The summed E-state index contributed by atoms with van der Waals surface area (Å²) >= 11 is 0. The average Bonchev–Trinajstić information content (AvgIpc) is 3.02. The number of hydrogen-bond acceptors (Lipinski definition) is 12. The normalized spacial score (nSPS) is 12.5. The van der Waals surface area contributed by atoms with Crippen molar-refractivity contribution in [2.75, 3.05) is 9.80 Å². The molecule has 0 aromatic heterocycles. The van der Waals surface area contributed by atoms with Crippen molar-refractivity contribution < 1.29 is 66.4 Å². The molecule has 0 unspecified atom stereocenters. The van der Waals surface area contributed by atoms with E-state index >= 15 is 0 Å². The van der Waals surface area contributed by atoms with E-state index in [1.807, 2.05) is 0 Å². The van der Waals surface area contributed by atoms with Crippen molar-refractivity contribution >= 4 is 103 Å². The number of nitrogens with zero attached hydrogens (tertiary/aromatic N) is 3. The molecule has 0 spiro atoms. The lowest BCUT2D eigenvalue weighted by atomic mass is 10.1. The molecule has 0 bridgehead atoms. The SMILES string of the molecule is O=CN(c1cc(N(C=O)c2cc3ccc(S(=O)(=O)O)cc3cc2S(=O)(=O)O)cc([N+](=O)[O-])c1)c1cc2ccc(S(=O)(=O)O)cc2cc1S(=O)(=O)O. The zero-order valence-electron chi connectivity index (χ0n) is 24.8. The second-order valence-corrected chi connectivity index (χ2v) is 16.1. The van der Waals surface area contributed by atoms with E-state index < -0.39 is 93.4 Å². The van der Waals surface area contributed by atoms with Crippen LogP contribution < -0.4 is 9.80 Å². The lowest BCUT2D eigenvalue weighted by Crippen LogP contribution is -2.20. The van der Waals surface area contributed by atoms with Gasteiger partial charge in [-0.25, -0.2) is 0 Å². The van der Waals surface area contributed by atoms with Crippen molar-refractivity contribution in [1.82, 2.24) is 0 Å². The lowest BCUT2D eigenvalue weighted by Gasteiger charge is -2.24. The Hall–Kier alpha value is -5.40. The predicted molar refractivity (Wildman–Crippen MR) is 177 cm³/mol. The molecule has 19 nitrogen and oxygen atoms in total. The van der Waals surface area contributed by atoms with Crippen molar-refractivity contribution in [2.24, 2.45) is 0 Å².